The zero-order valence-electron chi connectivity index (χ0n) is 11.8. The van der Waals surface area contributed by atoms with Gasteiger partial charge < -0.3 is 9.73 Å². The van der Waals surface area contributed by atoms with E-state index in [-0.39, 0.29) is 5.91 Å². The third-order valence-corrected chi connectivity index (χ3v) is 4.97. The van der Waals surface area contributed by atoms with Crippen molar-refractivity contribution in [1.29, 1.82) is 0 Å². The molecule has 0 unspecified atom stereocenters. The number of piperidine rings is 1. The molecule has 112 valence electrons. The van der Waals surface area contributed by atoms with Crippen LogP contribution in [0.5, 0.6) is 0 Å². The van der Waals surface area contributed by atoms with Gasteiger partial charge in [-0.15, -0.1) is 0 Å². The molecule has 0 atom stereocenters. The zero-order valence-corrected chi connectivity index (χ0v) is 12.6. The van der Waals surface area contributed by atoms with Crippen LogP contribution in [0.3, 0.4) is 0 Å². The fourth-order valence-corrected chi connectivity index (χ4v) is 3.24. The number of amides is 1. The Morgan fingerprint density at radius 2 is 2.10 bits per heavy atom. The molecule has 1 aromatic heterocycles. The summed E-state index contributed by atoms with van der Waals surface area (Å²) in [6.07, 6.45) is 4.26. The Hall–Kier alpha value is -1.34. The highest BCUT2D eigenvalue weighted by Crippen LogP contribution is 2.18. The number of sulfonamides is 1. The monoisotopic (exact) mass is 300 g/mol. The van der Waals surface area contributed by atoms with Crippen molar-refractivity contribution >= 4 is 15.9 Å². The summed E-state index contributed by atoms with van der Waals surface area (Å²) in [5, 5.41) is 2.85. The van der Waals surface area contributed by atoms with E-state index in [0.717, 1.165) is 18.4 Å². The van der Waals surface area contributed by atoms with Gasteiger partial charge in [-0.2, -0.15) is 0 Å². The quantitative estimate of drug-likeness (QED) is 0.899. The predicted molar refractivity (Wildman–Crippen MR) is 74.9 cm³/mol. The average molecular weight is 300 g/mol. The lowest BCUT2D eigenvalue weighted by atomic mass is 9.98. The first-order valence-corrected chi connectivity index (χ1v) is 8.50. The SMILES string of the molecule is Cc1ccoc1C(=O)NCC1CCN(S(C)(=O)=O)CC1. The molecule has 6 nitrogen and oxygen atoms in total. The van der Waals surface area contributed by atoms with Crippen LogP contribution in [0.15, 0.2) is 16.7 Å². The Kier molecular flexibility index (Phi) is 4.49. The van der Waals surface area contributed by atoms with Crippen LogP contribution < -0.4 is 5.32 Å². The summed E-state index contributed by atoms with van der Waals surface area (Å²) >= 11 is 0. The van der Waals surface area contributed by atoms with E-state index in [1.807, 2.05) is 6.92 Å². The van der Waals surface area contributed by atoms with Crippen molar-refractivity contribution in [2.24, 2.45) is 5.92 Å². The highest BCUT2D eigenvalue weighted by Gasteiger charge is 2.25. The Morgan fingerprint density at radius 1 is 1.45 bits per heavy atom. The first-order valence-electron chi connectivity index (χ1n) is 6.65. The van der Waals surface area contributed by atoms with Crippen molar-refractivity contribution in [3.63, 3.8) is 0 Å². The molecule has 1 amide bonds. The molecule has 20 heavy (non-hydrogen) atoms. The fraction of sp³-hybridized carbons (Fsp3) is 0.615. The molecule has 0 radical (unpaired) electrons. The maximum Gasteiger partial charge on any atom is 0.287 e. The highest BCUT2D eigenvalue weighted by molar-refractivity contribution is 7.88. The molecule has 1 aliphatic rings. The Labute approximate surface area is 119 Å². The maximum atomic E-state index is 11.9. The van der Waals surface area contributed by atoms with Gasteiger partial charge in [-0.05, 0) is 31.7 Å². The molecule has 1 N–H and O–H groups in total. The maximum absolute atomic E-state index is 11.9. The number of furan rings is 1. The molecule has 1 aliphatic heterocycles. The van der Waals surface area contributed by atoms with Crippen LogP contribution in [0.25, 0.3) is 0 Å². The number of hydrogen-bond donors (Lipinski definition) is 1. The third kappa shape index (κ3) is 3.61. The molecule has 1 fully saturated rings. The van der Waals surface area contributed by atoms with Gasteiger partial charge in [-0.1, -0.05) is 0 Å². The largest absolute Gasteiger partial charge is 0.459 e. The smallest absolute Gasteiger partial charge is 0.287 e. The minimum Gasteiger partial charge on any atom is -0.459 e. The summed E-state index contributed by atoms with van der Waals surface area (Å²) in [6.45, 7) is 3.43. The van der Waals surface area contributed by atoms with Gasteiger partial charge in [-0.3, -0.25) is 4.79 Å². The van der Waals surface area contributed by atoms with Crippen molar-refractivity contribution in [3.05, 3.63) is 23.7 Å². The van der Waals surface area contributed by atoms with E-state index in [0.29, 0.717) is 31.3 Å². The van der Waals surface area contributed by atoms with Gasteiger partial charge in [0.15, 0.2) is 5.76 Å². The van der Waals surface area contributed by atoms with Gasteiger partial charge in [0.25, 0.3) is 5.91 Å². The van der Waals surface area contributed by atoms with E-state index in [4.69, 9.17) is 4.42 Å². The van der Waals surface area contributed by atoms with E-state index >= 15 is 0 Å². The van der Waals surface area contributed by atoms with Crippen LogP contribution in [0.4, 0.5) is 0 Å². The van der Waals surface area contributed by atoms with E-state index in [1.54, 1.807) is 6.07 Å². The van der Waals surface area contributed by atoms with Gasteiger partial charge in [0.2, 0.25) is 10.0 Å². The van der Waals surface area contributed by atoms with Crippen molar-refractivity contribution in [3.8, 4) is 0 Å². The third-order valence-electron chi connectivity index (χ3n) is 3.66. The van der Waals surface area contributed by atoms with Gasteiger partial charge in [0.1, 0.15) is 0 Å². The first kappa shape index (κ1) is 15.1. The van der Waals surface area contributed by atoms with Crippen LogP contribution >= 0.6 is 0 Å². The molecule has 1 saturated heterocycles. The number of nitrogens with zero attached hydrogens (tertiary/aromatic N) is 1. The average Bonchev–Trinajstić information content (AvgIpc) is 2.82. The molecule has 1 aromatic rings. The lowest BCUT2D eigenvalue weighted by Crippen LogP contribution is -2.41. The molecule has 0 saturated carbocycles. The fourth-order valence-electron chi connectivity index (χ4n) is 2.37. The molecule has 0 spiro atoms. The lowest BCUT2D eigenvalue weighted by Gasteiger charge is -2.30. The zero-order chi connectivity index (χ0) is 14.8. The van der Waals surface area contributed by atoms with Crippen LogP contribution in [-0.4, -0.2) is 44.5 Å². The number of aryl methyl sites for hydroxylation is 1. The highest BCUT2D eigenvalue weighted by atomic mass is 32.2. The Balaban J connectivity index is 1.80. The van der Waals surface area contributed by atoms with Crippen molar-refractivity contribution in [2.45, 2.75) is 19.8 Å². The van der Waals surface area contributed by atoms with Gasteiger partial charge in [0.05, 0.1) is 12.5 Å². The topological polar surface area (TPSA) is 79.6 Å². The predicted octanol–water partition coefficient (Wildman–Crippen LogP) is 0.989. The van der Waals surface area contributed by atoms with E-state index in [1.165, 1.54) is 16.8 Å². The number of rotatable bonds is 4. The molecule has 0 aliphatic carbocycles. The van der Waals surface area contributed by atoms with E-state index in [9.17, 15) is 13.2 Å². The summed E-state index contributed by atoms with van der Waals surface area (Å²) in [7, 11) is -3.09. The second kappa shape index (κ2) is 5.97. The molecule has 0 bridgehead atoms. The van der Waals surface area contributed by atoms with Crippen LogP contribution in [0.1, 0.15) is 29.0 Å². The minimum atomic E-state index is -3.09. The number of nitrogens with one attached hydrogen (secondary N) is 1. The van der Waals surface area contributed by atoms with Gasteiger partial charge >= 0.3 is 0 Å². The first-order chi connectivity index (χ1) is 9.38. The second-order valence-corrected chi connectivity index (χ2v) is 7.23. The van der Waals surface area contributed by atoms with E-state index < -0.39 is 10.0 Å². The molecular weight excluding hydrogens is 280 g/mol. The van der Waals surface area contributed by atoms with Crippen LogP contribution in [0.2, 0.25) is 0 Å². The van der Waals surface area contributed by atoms with Gasteiger partial charge in [-0.25, -0.2) is 12.7 Å². The minimum absolute atomic E-state index is 0.210. The van der Waals surface area contributed by atoms with Crippen LogP contribution in [0, 0.1) is 12.8 Å². The Morgan fingerprint density at radius 3 is 2.60 bits per heavy atom. The van der Waals surface area contributed by atoms with Crippen molar-refractivity contribution in [2.75, 3.05) is 25.9 Å². The molecule has 2 rings (SSSR count). The number of hydrogen-bond acceptors (Lipinski definition) is 4. The molecular formula is C13H20N2O4S. The molecule has 7 heteroatoms. The van der Waals surface area contributed by atoms with Crippen molar-refractivity contribution < 1.29 is 17.6 Å². The Bertz CT molecular complexity index is 571. The summed E-state index contributed by atoms with van der Waals surface area (Å²) in [5.74, 6) is 0.448. The van der Waals surface area contributed by atoms with Crippen LogP contribution in [-0.2, 0) is 10.0 Å². The summed E-state index contributed by atoms with van der Waals surface area (Å²) in [5.41, 5.74) is 0.814. The lowest BCUT2D eigenvalue weighted by molar-refractivity contribution is 0.0913. The number of carbonyl (C=O) groups excluding carboxylic acids is 1. The molecule has 0 aromatic carbocycles. The standard InChI is InChI=1S/C13H20N2O4S/c1-10-5-8-19-12(10)13(16)14-9-11-3-6-15(7-4-11)20(2,17)18/h5,8,11H,3-4,6-7,9H2,1-2H3,(H,14,16). The van der Waals surface area contributed by atoms with E-state index in [2.05, 4.69) is 5.32 Å². The van der Waals surface area contributed by atoms with Gasteiger partial charge in [0, 0.05) is 25.2 Å². The summed E-state index contributed by atoms with van der Waals surface area (Å²) in [4.78, 5) is 11.9. The normalized spacial score (nSPS) is 18.1. The van der Waals surface area contributed by atoms with Crippen molar-refractivity contribution in [1.82, 2.24) is 9.62 Å². The molecule has 2 heterocycles. The number of carbonyl (C=O) groups is 1. The second-order valence-electron chi connectivity index (χ2n) is 5.25. The summed E-state index contributed by atoms with van der Waals surface area (Å²) in [6, 6.07) is 1.75. The summed E-state index contributed by atoms with van der Waals surface area (Å²) < 4.78 is 29.4.